The van der Waals surface area contributed by atoms with Gasteiger partial charge in [-0.25, -0.2) is 14.4 Å². The van der Waals surface area contributed by atoms with E-state index in [1.165, 1.54) is 31.6 Å². The van der Waals surface area contributed by atoms with Gasteiger partial charge in [0.1, 0.15) is 30.3 Å². The molecular weight excluding hydrogens is 467 g/mol. The van der Waals surface area contributed by atoms with Crippen LogP contribution in [0.25, 0.3) is 10.9 Å². The Morgan fingerprint density at radius 1 is 1.09 bits per heavy atom. The first-order chi connectivity index (χ1) is 16.4. The minimum atomic E-state index is -0.533. The number of hydrogen-bond donors (Lipinski definition) is 2. The molecular formula is C23H24ClFN4O5. The first-order valence-electron chi connectivity index (χ1n) is 10.4. The summed E-state index contributed by atoms with van der Waals surface area (Å²) in [7, 11) is 2.86. The fraction of sp³-hybridized carbons (Fsp3) is 0.304. The Morgan fingerprint density at radius 3 is 2.65 bits per heavy atom. The molecule has 11 heteroatoms. The number of ether oxygens (including phenoxy) is 3. The zero-order valence-corrected chi connectivity index (χ0v) is 19.4. The normalized spacial score (nSPS) is 10.7. The van der Waals surface area contributed by atoms with E-state index in [2.05, 4.69) is 25.3 Å². The maximum absolute atomic E-state index is 13.5. The van der Waals surface area contributed by atoms with E-state index in [0.29, 0.717) is 46.9 Å². The summed E-state index contributed by atoms with van der Waals surface area (Å²) in [6.45, 7) is 0.615. The molecule has 1 amide bonds. The quantitative estimate of drug-likeness (QED) is 0.299. The van der Waals surface area contributed by atoms with E-state index in [-0.39, 0.29) is 36.3 Å². The number of carbonyl (C=O) groups excluding carboxylic acids is 2. The Labute approximate surface area is 200 Å². The number of anilines is 3. The molecule has 2 aromatic carbocycles. The van der Waals surface area contributed by atoms with Gasteiger partial charge in [-0.1, -0.05) is 11.6 Å². The zero-order chi connectivity index (χ0) is 24.5. The summed E-state index contributed by atoms with van der Waals surface area (Å²) < 4.78 is 28.9. The van der Waals surface area contributed by atoms with Crippen molar-refractivity contribution in [2.45, 2.75) is 19.3 Å². The van der Waals surface area contributed by atoms with Gasteiger partial charge in [0.15, 0.2) is 0 Å². The standard InChI is InChI=1S/C23H24ClFN4O5/c1-32-8-9-34-20-12-18-15(11-19(20)29-21(30)4-3-5-22(31)33-2)23(27-13-26-18)28-14-6-7-17(25)16(24)10-14/h6-7,10-13H,3-5,8-9H2,1-2H3,(H,29,30)(H,26,27,28). The fourth-order valence-electron chi connectivity index (χ4n) is 3.05. The first kappa shape index (κ1) is 25.1. The van der Waals surface area contributed by atoms with Gasteiger partial charge in [-0.05, 0) is 30.7 Å². The summed E-state index contributed by atoms with van der Waals surface area (Å²) >= 11 is 5.88. The Balaban J connectivity index is 1.89. The van der Waals surface area contributed by atoms with Crippen molar-refractivity contribution in [1.82, 2.24) is 9.97 Å². The number of rotatable bonds is 11. The van der Waals surface area contributed by atoms with Crippen molar-refractivity contribution in [3.05, 3.63) is 47.5 Å². The van der Waals surface area contributed by atoms with Crippen LogP contribution >= 0.6 is 11.6 Å². The van der Waals surface area contributed by atoms with E-state index < -0.39 is 5.82 Å². The minimum Gasteiger partial charge on any atom is -0.489 e. The van der Waals surface area contributed by atoms with Crippen molar-refractivity contribution in [3.8, 4) is 5.75 Å². The van der Waals surface area contributed by atoms with E-state index in [0.717, 1.165) is 0 Å². The van der Waals surface area contributed by atoms with Gasteiger partial charge in [0.2, 0.25) is 5.91 Å². The van der Waals surface area contributed by atoms with Crippen LogP contribution in [-0.2, 0) is 19.1 Å². The van der Waals surface area contributed by atoms with Crippen LogP contribution in [0.4, 0.5) is 21.6 Å². The predicted molar refractivity (Wildman–Crippen MR) is 126 cm³/mol. The summed E-state index contributed by atoms with van der Waals surface area (Å²) in [5.74, 6) is -0.375. The number of amides is 1. The molecule has 1 aromatic heterocycles. The van der Waals surface area contributed by atoms with Gasteiger partial charge >= 0.3 is 5.97 Å². The third kappa shape index (κ3) is 6.75. The number of hydrogen-bond acceptors (Lipinski definition) is 8. The van der Waals surface area contributed by atoms with Gasteiger partial charge in [0.05, 0.1) is 29.9 Å². The molecule has 2 N–H and O–H groups in total. The van der Waals surface area contributed by atoms with Gasteiger partial charge in [-0.2, -0.15) is 0 Å². The SMILES string of the molecule is COCCOc1cc2ncnc(Nc3ccc(F)c(Cl)c3)c2cc1NC(=O)CCCC(=O)OC. The third-order valence-corrected chi connectivity index (χ3v) is 5.04. The molecule has 0 atom stereocenters. The molecule has 3 aromatic rings. The van der Waals surface area contributed by atoms with E-state index in [1.807, 2.05) is 0 Å². The molecule has 0 saturated heterocycles. The van der Waals surface area contributed by atoms with Gasteiger partial charge in [0.25, 0.3) is 0 Å². The number of nitrogens with zero attached hydrogens (tertiary/aromatic N) is 2. The van der Waals surface area contributed by atoms with Crippen LogP contribution in [0.1, 0.15) is 19.3 Å². The van der Waals surface area contributed by atoms with Gasteiger partial charge < -0.3 is 24.8 Å². The van der Waals surface area contributed by atoms with Crippen molar-refractivity contribution in [3.63, 3.8) is 0 Å². The number of halogens is 2. The van der Waals surface area contributed by atoms with Crippen LogP contribution in [0.15, 0.2) is 36.7 Å². The molecule has 0 fully saturated rings. The lowest BCUT2D eigenvalue weighted by molar-refractivity contribution is -0.140. The molecule has 0 aliphatic heterocycles. The molecule has 0 bridgehead atoms. The molecule has 0 radical (unpaired) electrons. The number of fused-ring (bicyclic) bond motifs is 1. The summed E-state index contributed by atoms with van der Waals surface area (Å²) in [5.41, 5.74) is 1.49. The highest BCUT2D eigenvalue weighted by Crippen LogP contribution is 2.34. The Hall–Kier alpha value is -3.50. The summed E-state index contributed by atoms with van der Waals surface area (Å²) in [6.07, 6.45) is 1.98. The molecule has 9 nitrogen and oxygen atoms in total. The number of benzene rings is 2. The van der Waals surface area contributed by atoms with Crippen molar-refractivity contribution in [1.29, 1.82) is 0 Å². The maximum Gasteiger partial charge on any atom is 0.305 e. The molecule has 3 rings (SSSR count). The van der Waals surface area contributed by atoms with Crippen molar-refractivity contribution >= 4 is 51.6 Å². The monoisotopic (exact) mass is 490 g/mol. The maximum atomic E-state index is 13.5. The van der Waals surface area contributed by atoms with E-state index in [9.17, 15) is 14.0 Å². The molecule has 180 valence electrons. The highest BCUT2D eigenvalue weighted by molar-refractivity contribution is 6.31. The average molecular weight is 491 g/mol. The van der Waals surface area contributed by atoms with Crippen LogP contribution in [0.2, 0.25) is 5.02 Å². The topological polar surface area (TPSA) is 112 Å². The zero-order valence-electron chi connectivity index (χ0n) is 18.7. The van der Waals surface area contributed by atoms with E-state index in [4.69, 9.17) is 21.1 Å². The number of carbonyl (C=O) groups is 2. The number of methoxy groups -OCH3 is 2. The van der Waals surface area contributed by atoms with Crippen molar-refractivity contribution in [2.24, 2.45) is 0 Å². The molecule has 1 heterocycles. The highest BCUT2D eigenvalue weighted by atomic mass is 35.5. The Kier molecular flexibility index (Phi) is 8.94. The second-order valence-electron chi connectivity index (χ2n) is 7.16. The second-order valence-corrected chi connectivity index (χ2v) is 7.57. The largest absolute Gasteiger partial charge is 0.489 e. The molecule has 34 heavy (non-hydrogen) atoms. The molecule has 0 aliphatic rings. The molecule has 0 unspecified atom stereocenters. The van der Waals surface area contributed by atoms with Crippen molar-refractivity contribution < 1.29 is 28.2 Å². The lowest BCUT2D eigenvalue weighted by atomic mass is 10.1. The van der Waals surface area contributed by atoms with Crippen LogP contribution in [-0.4, -0.2) is 49.3 Å². The molecule has 0 aliphatic carbocycles. The molecule has 0 spiro atoms. The lowest BCUT2D eigenvalue weighted by Crippen LogP contribution is -2.14. The predicted octanol–water partition coefficient (Wildman–Crippen LogP) is 4.47. The van der Waals surface area contributed by atoms with E-state index >= 15 is 0 Å². The van der Waals surface area contributed by atoms with Crippen LogP contribution in [0, 0.1) is 5.82 Å². The summed E-state index contributed by atoms with van der Waals surface area (Å²) in [5, 5.41) is 6.47. The van der Waals surface area contributed by atoms with Crippen molar-refractivity contribution in [2.75, 3.05) is 38.1 Å². The molecule has 0 saturated carbocycles. The number of esters is 1. The van der Waals surface area contributed by atoms with Gasteiger partial charge in [-0.15, -0.1) is 0 Å². The smallest absolute Gasteiger partial charge is 0.305 e. The fourth-order valence-corrected chi connectivity index (χ4v) is 3.23. The average Bonchev–Trinajstić information content (AvgIpc) is 2.82. The second kappa shape index (κ2) is 12.1. The lowest BCUT2D eigenvalue weighted by Gasteiger charge is -2.15. The summed E-state index contributed by atoms with van der Waals surface area (Å²) in [4.78, 5) is 32.4. The number of aromatic nitrogens is 2. The number of nitrogens with one attached hydrogen (secondary N) is 2. The van der Waals surface area contributed by atoms with Crippen LogP contribution < -0.4 is 15.4 Å². The minimum absolute atomic E-state index is 0.0305. The third-order valence-electron chi connectivity index (χ3n) is 4.75. The highest BCUT2D eigenvalue weighted by Gasteiger charge is 2.15. The Bertz CT molecular complexity index is 1180. The van der Waals surface area contributed by atoms with Gasteiger partial charge in [-0.3, -0.25) is 9.59 Å². The van der Waals surface area contributed by atoms with Crippen LogP contribution in [0.5, 0.6) is 5.75 Å². The summed E-state index contributed by atoms with van der Waals surface area (Å²) in [6, 6.07) is 7.58. The Morgan fingerprint density at radius 2 is 1.91 bits per heavy atom. The van der Waals surface area contributed by atoms with E-state index in [1.54, 1.807) is 19.2 Å². The first-order valence-corrected chi connectivity index (χ1v) is 10.8. The van der Waals surface area contributed by atoms with Crippen LogP contribution in [0.3, 0.4) is 0 Å². The van der Waals surface area contributed by atoms with Gasteiger partial charge in [0, 0.05) is 37.1 Å².